The highest BCUT2D eigenvalue weighted by Crippen LogP contribution is 2.45. The fourth-order valence-corrected chi connectivity index (χ4v) is 3.77. The predicted molar refractivity (Wildman–Crippen MR) is 120 cm³/mol. The third-order valence-corrected chi connectivity index (χ3v) is 5.17. The molecule has 2 nitrogen and oxygen atoms in total. The first-order valence-electron chi connectivity index (χ1n) is 9.17. The number of ether oxygens (including phenoxy) is 2. The molecule has 0 aliphatic rings. The summed E-state index contributed by atoms with van der Waals surface area (Å²) in [5.74, 6) is 1.63. The Morgan fingerprint density at radius 2 is 1.04 bits per heavy atom. The molecule has 0 heterocycles. The van der Waals surface area contributed by atoms with Crippen molar-refractivity contribution in [1.82, 2.24) is 0 Å². The fourth-order valence-electron chi connectivity index (χ4n) is 3.77. The second kappa shape index (κ2) is 7.24. The molecular weight excluding hydrogens is 344 g/mol. The lowest BCUT2D eigenvalue weighted by Gasteiger charge is -2.18. The lowest BCUT2D eigenvalue weighted by atomic mass is 9.91. The Balaban J connectivity index is 2.15. The molecule has 0 fully saturated rings. The minimum absolute atomic E-state index is 0.817. The van der Waals surface area contributed by atoms with Gasteiger partial charge in [0, 0.05) is 11.1 Å². The molecule has 0 unspecified atom stereocenters. The van der Waals surface area contributed by atoms with Gasteiger partial charge in [0.05, 0.1) is 14.2 Å². The summed E-state index contributed by atoms with van der Waals surface area (Å²) >= 11 is 0. The molecule has 4 aromatic carbocycles. The van der Waals surface area contributed by atoms with Crippen molar-refractivity contribution >= 4 is 33.7 Å². The Bertz CT molecular complexity index is 1120. The monoisotopic (exact) mass is 366 g/mol. The molecule has 138 valence electrons. The number of fused-ring (bicyclic) bond motifs is 2. The van der Waals surface area contributed by atoms with Gasteiger partial charge in [-0.1, -0.05) is 61.7 Å². The molecule has 0 bridgehead atoms. The fraction of sp³-hybridized carbons (Fsp3) is 0.0769. The number of benzene rings is 4. The number of hydrogen-bond acceptors (Lipinski definition) is 2. The van der Waals surface area contributed by atoms with E-state index in [2.05, 4.69) is 61.7 Å². The summed E-state index contributed by atoms with van der Waals surface area (Å²) < 4.78 is 11.5. The standard InChI is InChI=1S/C26H22O2/c1-5-17-7-11-21-19(15-17)9-13-23(27-3)25(21)26-22-12-8-18(6-2)16-20(22)10-14-24(26)28-4/h5-16H,1-2H2,3-4H3. The molecule has 0 saturated carbocycles. The third kappa shape index (κ3) is 2.84. The van der Waals surface area contributed by atoms with Crippen LogP contribution in [0.15, 0.2) is 73.8 Å². The van der Waals surface area contributed by atoms with E-state index in [9.17, 15) is 0 Å². The predicted octanol–water partition coefficient (Wildman–Crippen LogP) is 6.96. The van der Waals surface area contributed by atoms with E-state index in [0.29, 0.717) is 0 Å². The molecule has 0 atom stereocenters. The summed E-state index contributed by atoms with van der Waals surface area (Å²) in [6.07, 6.45) is 3.72. The van der Waals surface area contributed by atoms with Crippen LogP contribution in [0.1, 0.15) is 11.1 Å². The maximum Gasteiger partial charge on any atom is 0.127 e. The van der Waals surface area contributed by atoms with Crippen molar-refractivity contribution in [2.24, 2.45) is 0 Å². The Labute approximate surface area is 165 Å². The van der Waals surface area contributed by atoms with E-state index in [-0.39, 0.29) is 0 Å². The molecule has 0 saturated heterocycles. The summed E-state index contributed by atoms with van der Waals surface area (Å²) in [5, 5.41) is 4.50. The van der Waals surface area contributed by atoms with E-state index in [4.69, 9.17) is 9.47 Å². The maximum atomic E-state index is 5.77. The van der Waals surface area contributed by atoms with Crippen molar-refractivity contribution in [2.45, 2.75) is 0 Å². The zero-order chi connectivity index (χ0) is 19.7. The Hall–Kier alpha value is -3.52. The first-order chi connectivity index (χ1) is 13.7. The highest BCUT2D eigenvalue weighted by Gasteiger charge is 2.18. The van der Waals surface area contributed by atoms with E-state index in [1.54, 1.807) is 14.2 Å². The molecule has 4 rings (SSSR count). The van der Waals surface area contributed by atoms with Crippen LogP contribution in [0.5, 0.6) is 11.5 Å². The zero-order valence-corrected chi connectivity index (χ0v) is 16.2. The van der Waals surface area contributed by atoms with Crippen LogP contribution < -0.4 is 9.47 Å². The number of methoxy groups -OCH3 is 2. The lowest BCUT2D eigenvalue weighted by molar-refractivity contribution is 0.411. The molecule has 0 N–H and O–H groups in total. The molecule has 0 amide bonds. The first kappa shape index (κ1) is 17.9. The van der Waals surface area contributed by atoms with Crippen LogP contribution in [0.4, 0.5) is 0 Å². The van der Waals surface area contributed by atoms with Gasteiger partial charge in [0.1, 0.15) is 11.5 Å². The van der Waals surface area contributed by atoms with Gasteiger partial charge < -0.3 is 9.47 Å². The molecule has 4 aromatic rings. The highest BCUT2D eigenvalue weighted by molar-refractivity contribution is 6.10. The van der Waals surface area contributed by atoms with Crippen LogP contribution in [0.3, 0.4) is 0 Å². The van der Waals surface area contributed by atoms with Gasteiger partial charge in [0.25, 0.3) is 0 Å². The van der Waals surface area contributed by atoms with Gasteiger partial charge in [-0.3, -0.25) is 0 Å². The summed E-state index contributed by atoms with van der Waals surface area (Å²) in [5.41, 5.74) is 4.24. The minimum atomic E-state index is 0.817. The Morgan fingerprint density at radius 1 is 0.607 bits per heavy atom. The maximum absolute atomic E-state index is 5.77. The largest absolute Gasteiger partial charge is 0.496 e. The SMILES string of the molecule is C=Cc1ccc2c(-c3c(OC)ccc4cc(C=C)ccc34)c(OC)ccc2c1. The van der Waals surface area contributed by atoms with Crippen molar-refractivity contribution < 1.29 is 9.47 Å². The van der Waals surface area contributed by atoms with Crippen LogP contribution in [0.2, 0.25) is 0 Å². The van der Waals surface area contributed by atoms with Crippen molar-refractivity contribution in [1.29, 1.82) is 0 Å². The molecule has 0 radical (unpaired) electrons. The first-order valence-corrected chi connectivity index (χ1v) is 9.17. The van der Waals surface area contributed by atoms with Gasteiger partial charge in [-0.2, -0.15) is 0 Å². The number of rotatable bonds is 5. The van der Waals surface area contributed by atoms with Gasteiger partial charge in [-0.05, 0) is 56.9 Å². The minimum Gasteiger partial charge on any atom is -0.496 e. The van der Waals surface area contributed by atoms with Gasteiger partial charge >= 0.3 is 0 Å². The van der Waals surface area contributed by atoms with E-state index in [0.717, 1.165) is 55.3 Å². The topological polar surface area (TPSA) is 18.5 Å². The van der Waals surface area contributed by atoms with Crippen LogP contribution >= 0.6 is 0 Å². The smallest absolute Gasteiger partial charge is 0.127 e. The molecule has 28 heavy (non-hydrogen) atoms. The van der Waals surface area contributed by atoms with Crippen LogP contribution in [-0.2, 0) is 0 Å². The normalized spacial score (nSPS) is 10.8. The molecule has 2 heteroatoms. The second-order valence-corrected chi connectivity index (χ2v) is 6.66. The Morgan fingerprint density at radius 3 is 1.39 bits per heavy atom. The van der Waals surface area contributed by atoms with E-state index < -0.39 is 0 Å². The molecular formula is C26H22O2. The van der Waals surface area contributed by atoms with Gasteiger partial charge in [-0.25, -0.2) is 0 Å². The summed E-state index contributed by atoms with van der Waals surface area (Å²) in [6, 6.07) is 20.9. The van der Waals surface area contributed by atoms with Gasteiger partial charge in [0.2, 0.25) is 0 Å². The number of hydrogen-bond donors (Lipinski definition) is 0. The Kier molecular flexibility index (Phi) is 4.62. The zero-order valence-electron chi connectivity index (χ0n) is 16.2. The van der Waals surface area contributed by atoms with Crippen LogP contribution in [0.25, 0.3) is 44.8 Å². The quantitative estimate of drug-likeness (QED) is 0.380. The van der Waals surface area contributed by atoms with Crippen molar-refractivity contribution in [3.05, 3.63) is 84.9 Å². The van der Waals surface area contributed by atoms with Crippen LogP contribution in [-0.4, -0.2) is 14.2 Å². The van der Waals surface area contributed by atoms with Crippen molar-refractivity contribution in [2.75, 3.05) is 14.2 Å². The summed E-state index contributed by atoms with van der Waals surface area (Å²) in [7, 11) is 3.41. The second-order valence-electron chi connectivity index (χ2n) is 6.66. The molecule has 0 aromatic heterocycles. The molecule has 0 spiro atoms. The average molecular weight is 366 g/mol. The van der Waals surface area contributed by atoms with Gasteiger partial charge in [-0.15, -0.1) is 0 Å². The van der Waals surface area contributed by atoms with Gasteiger partial charge in [0.15, 0.2) is 0 Å². The lowest BCUT2D eigenvalue weighted by Crippen LogP contribution is -1.95. The highest BCUT2D eigenvalue weighted by atomic mass is 16.5. The summed E-state index contributed by atoms with van der Waals surface area (Å²) in [6.45, 7) is 7.77. The van der Waals surface area contributed by atoms with E-state index in [1.165, 1.54) is 0 Å². The molecule has 0 aliphatic heterocycles. The van der Waals surface area contributed by atoms with Crippen molar-refractivity contribution in [3.63, 3.8) is 0 Å². The molecule has 0 aliphatic carbocycles. The van der Waals surface area contributed by atoms with Crippen LogP contribution in [0, 0.1) is 0 Å². The average Bonchev–Trinajstić information content (AvgIpc) is 2.76. The van der Waals surface area contributed by atoms with E-state index >= 15 is 0 Å². The third-order valence-electron chi connectivity index (χ3n) is 5.17. The van der Waals surface area contributed by atoms with E-state index in [1.807, 2.05) is 24.3 Å². The summed E-state index contributed by atoms with van der Waals surface area (Å²) in [4.78, 5) is 0. The van der Waals surface area contributed by atoms with Crippen molar-refractivity contribution in [3.8, 4) is 22.6 Å².